The van der Waals surface area contributed by atoms with Crippen molar-refractivity contribution in [1.29, 1.82) is 0 Å². The number of H-pyrrole nitrogens is 1. The van der Waals surface area contributed by atoms with Gasteiger partial charge < -0.3 is 6.15 Å². The van der Waals surface area contributed by atoms with Crippen molar-refractivity contribution >= 4 is 22.9 Å². The third kappa shape index (κ3) is 1.77. The molecule has 4 N–H and O–H groups in total. The minimum atomic E-state index is 0. The molecule has 0 atom stereocenters. The van der Waals surface area contributed by atoms with Gasteiger partial charge in [-0.3, -0.25) is 0 Å². The number of halogens is 1. The highest BCUT2D eigenvalue weighted by atomic mass is 35.5. The molecule has 2 aromatic heterocycles. The van der Waals surface area contributed by atoms with Crippen LogP contribution < -0.4 is 6.15 Å². The SMILES string of the molecule is CCc1c(Cl)csc1-c1nn[nH]n1.N. The van der Waals surface area contributed by atoms with E-state index in [1.165, 1.54) is 0 Å². The summed E-state index contributed by atoms with van der Waals surface area (Å²) in [5.41, 5.74) is 1.09. The largest absolute Gasteiger partial charge is 0.344 e. The molecular formula is C7H10ClN5S. The molecule has 0 saturated carbocycles. The smallest absolute Gasteiger partial charge is 0.214 e. The normalized spacial score (nSPS) is 9.86. The van der Waals surface area contributed by atoms with Crippen LogP contribution in [0.25, 0.3) is 10.7 Å². The lowest BCUT2D eigenvalue weighted by Crippen LogP contribution is -1.83. The first-order valence-electron chi connectivity index (χ1n) is 3.82. The molecule has 76 valence electrons. The van der Waals surface area contributed by atoms with Crippen LogP contribution >= 0.6 is 22.9 Å². The van der Waals surface area contributed by atoms with Gasteiger partial charge in [0, 0.05) is 5.38 Å². The molecule has 14 heavy (non-hydrogen) atoms. The maximum atomic E-state index is 5.99. The van der Waals surface area contributed by atoms with E-state index in [0.29, 0.717) is 5.82 Å². The standard InChI is InChI=1S/C7H7ClN4S.H3N/c1-2-4-5(8)3-13-6(4)7-9-11-12-10-7;/h3H,2H2,1H3,(H,9,10,11,12);1H3. The molecule has 0 saturated heterocycles. The molecule has 0 aliphatic carbocycles. The van der Waals surface area contributed by atoms with Crippen molar-refractivity contribution in [3.05, 3.63) is 16.0 Å². The lowest BCUT2D eigenvalue weighted by Gasteiger charge is -1.94. The predicted molar refractivity (Wildman–Crippen MR) is 56.9 cm³/mol. The van der Waals surface area contributed by atoms with Crippen LogP contribution in [0.2, 0.25) is 5.02 Å². The topological polar surface area (TPSA) is 89.5 Å². The molecule has 0 aromatic carbocycles. The zero-order valence-electron chi connectivity index (χ0n) is 7.62. The summed E-state index contributed by atoms with van der Waals surface area (Å²) in [5.74, 6) is 0.619. The van der Waals surface area contributed by atoms with E-state index in [1.54, 1.807) is 11.3 Å². The molecule has 0 unspecified atom stereocenters. The van der Waals surface area contributed by atoms with Gasteiger partial charge in [-0.1, -0.05) is 18.5 Å². The zero-order valence-corrected chi connectivity index (χ0v) is 9.19. The average Bonchev–Trinajstić information content (AvgIpc) is 2.71. The van der Waals surface area contributed by atoms with Crippen molar-refractivity contribution in [3.8, 4) is 10.7 Å². The molecule has 0 spiro atoms. The highest BCUT2D eigenvalue weighted by Gasteiger charge is 2.13. The van der Waals surface area contributed by atoms with Gasteiger partial charge in [0.25, 0.3) is 0 Å². The van der Waals surface area contributed by atoms with Crippen molar-refractivity contribution < 1.29 is 0 Å². The molecule has 0 bridgehead atoms. The van der Waals surface area contributed by atoms with Crippen LogP contribution in [0.4, 0.5) is 0 Å². The molecule has 0 amide bonds. The number of aromatic nitrogens is 4. The van der Waals surface area contributed by atoms with E-state index in [-0.39, 0.29) is 6.15 Å². The molecule has 0 aliphatic rings. The minimum Gasteiger partial charge on any atom is -0.344 e. The zero-order chi connectivity index (χ0) is 9.26. The Labute approximate surface area is 90.1 Å². The van der Waals surface area contributed by atoms with Crippen LogP contribution in [0.1, 0.15) is 12.5 Å². The second-order valence-corrected chi connectivity index (χ2v) is 3.77. The van der Waals surface area contributed by atoms with Gasteiger partial charge in [0.05, 0.1) is 9.90 Å². The second kappa shape index (κ2) is 4.50. The first-order chi connectivity index (χ1) is 6.33. The van der Waals surface area contributed by atoms with Gasteiger partial charge in [0.15, 0.2) is 0 Å². The Morgan fingerprint density at radius 3 is 2.93 bits per heavy atom. The molecule has 0 aliphatic heterocycles. The summed E-state index contributed by atoms with van der Waals surface area (Å²) in [6.45, 7) is 2.05. The summed E-state index contributed by atoms with van der Waals surface area (Å²) in [4.78, 5) is 1.00. The quantitative estimate of drug-likeness (QED) is 0.830. The Hall–Kier alpha value is -0.980. The molecule has 5 nitrogen and oxygen atoms in total. The van der Waals surface area contributed by atoms with Crippen molar-refractivity contribution in [1.82, 2.24) is 26.8 Å². The molecular weight excluding hydrogens is 222 g/mol. The van der Waals surface area contributed by atoms with E-state index in [0.717, 1.165) is 21.9 Å². The summed E-state index contributed by atoms with van der Waals surface area (Å²) in [6, 6.07) is 0. The Bertz CT molecular complexity index is 396. The van der Waals surface area contributed by atoms with Crippen molar-refractivity contribution in [2.24, 2.45) is 0 Å². The molecule has 2 rings (SSSR count). The van der Waals surface area contributed by atoms with Crippen LogP contribution in [-0.2, 0) is 6.42 Å². The van der Waals surface area contributed by atoms with Crippen molar-refractivity contribution in [3.63, 3.8) is 0 Å². The van der Waals surface area contributed by atoms with Crippen molar-refractivity contribution in [2.75, 3.05) is 0 Å². The van der Waals surface area contributed by atoms with Crippen LogP contribution in [0.15, 0.2) is 5.38 Å². The van der Waals surface area contributed by atoms with E-state index < -0.39 is 0 Å². The average molecular weight is 232 g/mol. The number of aromatic amines is 1. The first-order valence-corrected chi connectivity index (χ1v) is 5.08. The number of nitrogens with zero attached hydrogens (tertiary/aromatic N) is 3. The van der Waals surface area contributed by atoms with E-state index in [9.17, 15) is 0 Å². The van der Waals surface area contributed by atoms with Gasteiger partial charge in [-0.2, -0.15) is 5.21 Å². The molecule has 2 heterocycles. The highest BCUT2D eigenvalue weighted by molar-refractivity contribution is 7.14. The molecule has 7 heteroatoms. The fourth-order valence-electron chi connectivity index (χ4n) is 1.14. The summed E-state index contributed by atoms with van der Waals surface area (Å²) in [6.07, 6.45) is 0.881. The van der Waals surface area contributed by atoms with Crippen LogP contribution in [-0.4, -0.2) is 20.6 Å². The monoisotopic (exact) mass is 231 g/mol. The van der Waals surface area contributed by atoms with Crippen molar-refractivity contribution in [2.45, 2.75) is 13.3 Å². The first kappa shape index (κ1) is 11.1. The molecule has 0 fully saturated rings. The number of tetrazole rings is 1. The second-order valence-electron chi connectivity index (χ2n) is 2.48. The van der Waals surface area contributed by atoms with Crippen LogP contribution in [0.3, 0.4) is 0 Å². The van der Waals surface area contributed by atoms with Gasteiger partial charge in [-0.05, 0) is 17.2 Å². The lowest BCUT2D eigenvalue weighted by atomic mass is 10.2. The van der Waals surface area contributed by atoms with Crippen LogP contribution in [0.5, 0.6) is 0 Å². The fourth-order valence-corrected chi connectivity index (χ4v) is 2.51. The van der Waals surface area contributed by atoms with Crippen LogP contribution in [0, 0.1) is 0 Å². The summed E-state index contributed by atoms with van der Waals surface area (Å²) in [5, 5.41) is 16.4. The predicted octanol–water partition coefficient (Wildman–Crippen LogP) is 2.31. The maximum absolute atomic E-state index is 5.99. The Balaban J connectivity index is 0.000000980. The number of hydrogen-bond donors (Lipinski definition) is 2. The minimum absolute atomic E-state index is 0. The lowest BCUT2D eigenvalue weighted by molar-refractivity contribution is 0.881. The Morgan fingerprint density at radius 1 is 1.57 bits per heavy atom. The fraction of sp³-hybridized carbons (Fsp3) is 0.286. The van der Waals surface area contributed by atoms with Gasteiger partial charge >= 0.3 is 0 Å². The van der Waals surface area contributed by atoms with E-state index in [2.05, 4.69) is 27.5 Å². The number of rotatable bonds is 2. The summed E-state index contributed by atoms with van der Waals surface area (Å²) >= 11 is 7.53. The van der Waals surface area contributed by atoms with Gasteiger partial charge in [0.2, 0.25) is 5.82 Å². The van der Waals surface area contributed by atoms with Gasteiger partial charge in [-0.15, -0.1) is 21.5 Å². The summed E-state index contributed by atoms with van der Waals surface area (Å²) < 4.78 is 0. The molecule has 2 aromatic rings. The maximum Gasteiger partial charge on any atom is 0.214 e. The Morgan fingerprint density at radius 2 is 2.36 bits per heavy atom. The molecule has 0 radical (unpaired) electrons. The number of nitrogens with one attached hydrogen (secondary N) is 1. The Kier molecular flexibility index (Phi) is 3.56. The van der Waals surface area contributed by atoms with E-state index in [1.807, 2.05) is 5.38 Å². The third-order valence-corrected chi connectivity index (χ3v) is 3.23. The van der Waals surface area contributed by atoms with Gasteiger partial charge in [0.1, 0.15) is 0 Å². The third-order valence-electron chi connectivity index (χ3n) is 1.74. The van der Waals surface area contributed by atoms with Gasteiger partial charge in [-0.25, -0.2) is 0 Å². The number of thiophene rings is 1. The van der Waals surface area contributed by atoms with E-state index in [4.69, 9.17) is 11.6 Å². The number of hydrogen-bond acceptors (Lipinski definition) is 5. The highest BCUT2D eigenvalue weighted by Crippen LogP contribution is 2.33. The summed E-state index contributed by atoms with van der Waals surface area (Å²) in [7, 11) is 0. The van der Waals surface area contributed by atoms with E-state index >= 15 is 0 Å².